The molecule has 0 saturated heterocycles. The number of urea groups is 1. The third kappa shape index (κ3) is 4.52. The summed E-state index contributed by atoms with van der Waals surface area (Å²) in [5.41, 5.74) is 2.52. The summed E-state index contributed by atoms with van der Waals surface area (Å²) in [7, 11) is 0. The zero-order valence-electron chi connectivity index (χ0n) is 11.8. The lowest BCUT2D eigenvalue weighted by Gasteiger charge is -2.16. The van der Waals surface area contributed by atoms with Gasteiger partial charge in [-0.1, -0.05) is 29.3 Å². The van der Waals surface area contributed by atoms with Gasteiger partial charge in [0.1, 0.15) is 6.04 Å². The number of carbonyl (C=O) groups excluding carboxylic acids is 1. The molecule has 1 aromatic rings. The van der Waals surface area contributed by atoms with E-state index in [0.717, 1.165) is 15.6 Å². The van der Waals surface area contributed by atoms with Crippen molar-refractivity contribution in [1.82, 2.24) is 5.32 Å². The Bertz CT molecular complexity index is 494. The predicted molar refractivity (Wildman–Crippen MR) is 82.1 cm³/mol. The largest absolute Gasteiger partial charge is 0.480 e. The van der Waals surface area contributed by atoms with Gasteiger partial charge in [-0.15, -0.1) is 0 Å². The number of halogens is 1. The highest BCUT2D eigenvalue weighted by Gasteiger charge is 2.19. The number of aryl methyl sites for hydroxylation is 2. The number of carboxylic acids is 1. The first-order valence-corrected chi connectivity index (χ1v) is 7.21. The normalized spacial score (nSPS) is 11.8. The summed E-state index contributed by atoms with van der Waals surface area (Å²) in [6, 6.07) is 2.42. The van der Waals surface area contributed by atoms with Crippen LogP contribution in [0.4, 0.5) is 10.5 Å². The number of anilines is 1. The van der Waals surface area contributed by atoms with Gasteiger partial charge in [-0.3, -0.25) is 0 Å². The Morgan fingerprint density at radius 1 is 1.30 bits per heavy atom. The molecule has 0 spiro atoms. The van der Waals surface area contributed by atoms with Gasteiger partial charge in [0.2, 0.25) is 0 Å². The molecule has 5 nitrogen and oxygen atoms in total. The van der Waals surface area contributed by atoms with Crippen molar-refractivity contribution in [2.45, 2.75) is 39.7 Å². The van der Waals surface area contributed by atoms with Crippen LogP contribution >= 0.6 is 15.9 Å². The lowest BCUT2D eigenvalue weighted by Crippen LogP contribution is -2.43. The standard InChI is InChI=1S/C14H19BrN2O3/c1-4-5-11(13(18)19)16-14(20)17-12-8(2)6-10(15)7-9(12)3/h6-7,11H,4-5H2,1-3H3,(H,18,19)(H2,16,17,20)/t11-/m1/s1. The second-order valence-electron chi connectivity index (χ2n) is 4.69. The molecule has 110 valence electrons. The zero-order chi connectivity index (χ0) is 15.3. The lowest BCUT2D eigenvalue weighted by molar-refractivity contribution is -0.139. The monoisotopic (exact) mass is 342 g/mol. The first kappa shape index (κ1) is 16.5. The van der Waals surface area contributed by atoms with Gasteiger partial charge < -0.3 is 15.7 Å². The van der Waals surface area contributed by atoms with Crippen LogP contribution in [0.5, 0.6) is 0 Å². The topological polar surface area (TPSA) is 78.4 Å². The van der Waals surface area contributed by atoms with Crippen LogP contribution in [0, 0.1) is 13.8 Å². The number of carboxylic acid groups (broad SMARTS) is 1. The summed E-state index contributed by atoms with van der Waals surface area (Å²) >= 11 is 3.39. The molecule has 0 heterocycles. The average Bonchev–Trinajstić information content (AvgIpc) is 2.33. The van der Waals surface area contributed by atoms with Crippen LogP contribution < -0.4 is 10.6 Å². The van der Waals surface area contributed by atoms with Crippen LogP contribution in [0.15, 0.2) is 16.6 Å². The van der Waals surface area contributed by atoms with E-state index in [0.29, 0.717) is 18.5 Å². The van der Waals surface area contributed by atoms with Gasteiger partial charge in [-0.2, -0.15) is 0 Å². The first-order chi connectivity index (χ1) is 9.35. The molecule has 1 atom stereocenters. The molecular weight excluding hydrogens is 324 g/mol. The molecule has 0 aliphatic heterocycles. The molecule has 20 heavy (non-hydrogen) atoms. The Morgan fingerprint density at radius 3 is 2.30 bits per heavy atom. The molecule has 0 fully saturated rings. The van der Waals surface area contributed by atoms with Crippen molar-refractivity contribution >= 4 is 33.6 Å². The van der Waals surface area contributed by atoms with Crippen LogP contribution in [-0.2, 0) is 4.79 Å². The summed E-state index contributed by atoms with van der Waals surface area (Å²) < 4.78 is 0.938. The number of rotatable bonds is 5. The summed E-state index contributed by atoms with van der Waals surface area (Å²) in [5.74, 6) is -1.02. The van der Waals surface area contributed by atoms with Gasteiger partial charge in [0.25, 0.3) is 0 Å². The van der Waals surface area contributed by atoms with E-state index in [1.807, 2.05) is 32.9 Å². The van der Waals surface area contributed by atoms with Crippen LogP contribution in [0.2, 0.25) is 0 Å². The van der Waals surface area contributed by atoms with Crippen LogP contribution in [0.1, 0.15) is 30.9 Å². The highest BCUT2D eigenvalue weighted by molar-refractivity contribution is 9.10. The second kappa shape index (κ2) is 7.28. The predicted octanol–water partition coefficient (Wildman–Crippen LogP) is 3.44. The van der Waals surface area contributed by atoms with Crippen molar-refractivity contribution in [2.24, 2.45) is 0 Å². The molecule has 0 unspecified atom stereocenters. The van der Waals surface area contributed by atoms with Gasteiger partial charge in [-0.25, -0.2) is 9.59 Å². The lowest BCUT2D eigenvalue weighted by atomic mass is 10.1. The highest BCUT2D eigenvalue weighted by atomic mass is 79.9. The number of benzene rings is 1. The van der Waals surface area contributed by atoms with E-state index >= 15 is 0 Å². The van der Waals surface area contributed by atoms with Crippen LogP contribution in [0.25, 0.3) is 0 Å². The van der Waals surface area contributed by atoms with Gasteiger partial charge >= 0.3 is 12.0 Å². The molecule has 0 bridgehead atoms. The zero-order valence-corrected chi connectivity index (χ0v) is 13.4. The van der Waals surface area contributed by atoms with E-state index in [4.69, 9.17) is 5.11 Å². The van der Waals surface area contributed by atoms with Crippen molar-refractivity contribution < 1.29 is 14.7 Å². The first-order valence-electron chi connectivity index (χ1n) is 6.42. The summed E-state index contributed by atoms with van der Waals surface area (Å²) in [5, 5.41) is 14.2. The molecule has 1 aromatic carbocycles. The quantitative estimate of drug-likeness (QED) is 0.766. The summed E-state index contributed by atoms with van der Waals surface area (Å²) in [4.78, 5) is 22.9. The minimum atomic E-state index is -1.02. The van der Waals surface area contributed by atoms with Crippen LogP contribution in [-0.4, -0.2) is 23.1 Å². The third-order valence-corrected chi connectivity index (χ3v) is 3.37. The van der Waals surface area contributed by atoms with E-state index in [1.54, 1.807) is 0 Å². The molecule has 0 aliphatic carbocycles. The fraction of sp³-hybridized carbons (Fsp3) is 0.429. The average molecular weight is 343 g/mol. The van der Waals surface area contributed by atoms with Crippen LogP contribution in [0.3, 0.4) is 0 Å². The fourth-order valence-electron chi connectivity index (χ4n) is 1.96. The third-order valence-electron chi connectivity index (χ3n) is 2.92. The van der Waals surface area contributed by atoms with Crippen molar-refractivity contribution in [1.29, 1.82) is 0 Å². The number of hydrogen-bond donors (Lipinski definition) is 3. The molecule has 0 aliphatic rings. The molecular formula is C14H19BrN2O3. The molecule has 0 aromatic heterocycles. The molecule has 0 saturated carbocycles. The van der Waals surface area contributed by atoms with E-state index in [-0.39, 0.29) is 0 Å². The van der Waals surface area contributed by atoms with E-state index in [9.17, 15) is 9.59 Å². The Hall–Kier alpha value is -1.56. The van der Waals surface area contributed by atoms with Crippen molar-refractivity contribution in [2.75, 3.05) is 5.32 Å². The Morgan fingerprint density at radius 2 is 1.85 bits per heavy atom. The SMILES string of the molecule is CCC[C@@H](NC(=O)Nc1c(C)cc(Br)cc1C)C(=O)O. The van der Waals surface area contributed by atoms with E-state index < -0.39 is 18.0 Å². The maximum Gasteiger partial charge on any atom is 0.326 e. The number of hydrogen-bond acceptors (Lipinski definition) is 2. The maximum atomic E-state index is 11.9. The Balaban J connectivity index is 2.78. The number of amides is 2. The van der Waals surface area contributed by atoms with Gasteiger partial charge in [0.15, 0.2) is 0 Å². The Kier molecular flexibility index (Phi) is 6.01. The molecule has 2 amide bonds. The fourth-order valence-corrected chi connectivity index (χ4v) is 2.65. The Labute approximate surface area is 126 Å². The number of carbonyl (C=O) groups is 2. The van der Waals surface area contributed by atoms with Crippen molar-refractivity contribution in [3.8, 4) is 0 Å². The van der Waals surface area contributed by atoms with E-state index in [1.165, 1.54) is 0 Å². The summed E-state index contributed by atoms with van der Waals surface area (Å²) in [6.45, 7) is 5.64. The number of aliphatic carboxylic acids is 1. The second-order valence-corrected chi connectivity index (χ2v) is 5.61. The van der Waals surface area contributed by atoms with Gasteiger partial charge in [0.05, 0.1) is 0 Å². The minimum Gasteiger partial charge on any atom is -0.480 e. The molecule has 1 rings (SSSR count). The van der Waals surface area contributed by atoms with Crippen molar-refractivity contribution in [3.05, 3.63) is 27.7 Å². The minimum absolute atomic E-state index is 0.404. The molecule has 6 heteroatoms. The van der Waals surface area contributed by atoms with E-state index in [2.05, 4.69) is 26.6 Å². The smallest absolute Gasteiger partial charge is 0.326 e. The highest BCUT2D eigenvalue weighted by Crippen LogP contribution is 2.24. The molecule has 0 radical (unpaired) electrons. The number of nitrogens with one attached hydrogen (secondary N) is 2. The molecule has 3 N–H and O–H groups in total. The summed E-state index contributed by atoms with van der Waals surface area (Å²) in [6.07, 6.45) is 1.09. The van der Waals surface area contributed by atoms with Gasteiger partial charge in [0, 0.05) is 10.2 Å². The van der Waals surface area contributed by atoms with Crippen molar-refractivity contribution in [3.63, 3.8) is 0 Å². The maximum absolute atomic E-state index is 11.9. The van der Waals surface area contributed by atoms with Gasteiger partial charge in [-0.05, 0) is 43.5 Å².